The van der Waals surface area contributed by atoms with Gasteiger partial charge in [-0.25, -0.2) is 13.1 Å². The van der Waals surface area contributed by atoms with Crippen LogP contribution in [-0.2, 0) is 16.6 Å². The Balaban J connectivity index is 2.22. The molecule has 0 aliphatic rings. The molecule has 1 heterocycles. The van der Waals surface area contributed by atoms with Crippen molar-refractivity contribution in [1.29, 1.82) is 0 Å². The average Bonchev–Trinajstić information content (AvgIpc) is 2.53. The summed E-state index contributed by atoms with van der Waals surface area (Å²) in [6.45, 7) is 2.48. The lowest BCUT2D eigenvalue weighted by molar-refractivity contribution is 0.309. The molecule has 1 aromatic carbocycles. The Kier molecular flexibility index (Phi) is 5.76. The van der Waals surface area contributed by atoms with Crippen molar-refractivity contribution in [3.05, 3.63) is 53.3 Å². The summed E-state index contributed by atoms with van der Waals surface area (Å²) < 4.78 is 32.9. The number of benzene rings is 1. The van der Waals surface area contributed by atoms with E-state index in [1.807, 2.05) is 6.92 Å². The molecular formula is C15H17ClN2O3S. The first-order valence-electron chi connectivity index (χ1n) is 6.85. The highest BCUT2D eigenvalue weighted by molar-refractivity contribution is 7.89. The van der Waals surface area contributed by atoms with Crippen molar-refractivity contribution in [2.75, 3.05) is 6.61 Å². The van der Waals surface area contributed by atoms with Gasteiger partial charge in [0.15, 0.2) is 0 Å². The van der Waals surface area contributed by atoms with Crippen molar-refractivity contribution in [1.82, 2.24) is 9.71 Å². The van der Waals surface area contributed by atoms with Gasteiger partial charge in [-0.05, 0) is 36.8 Å². The molecular weight excluding hydrogens is 324 g/mol. The largest absolute Gasteiger partial charge is 0.492 e. The minimum Gasteiger partial charge on any atom is -0.492 e. The molecule has 0 fully saturated rings. The van der Waals surface area contributed by atoms with Gasteiger partial charge in [-0.2, -0.15) is 0 Å². The van der Waals surface area contributed by atoms with E-state index < -0.39 is 10.0 Å². The van der Waals surface area contributed by atoms with E-state index in [-0.39, 0.29) is 11.4 Å². The molecule has 0 aliphatic heterocycles. The van der Waals surface area contributed by atoms with Crippen molar-refractivity contribution in [2.45, 2.75) is 24.8 Å². The topological polar surface area (TPSA) is 68.3 Å². The standard InChI is InChI=1S/C15H17ClN2O3S/c1-2-9-21-14-7-6-12(16)10-15(14)22(19,20)18-11-13-5-3-4-8-17-13/h3-8,10,18H,2,9,11H2,1H3. The molecule has 0 unspecified atom stereocenters. The minimum absolute atomic E-state index is 0.0318. The smallest absolute Gasteiger partial charge is 0.244 e. The minimum atomic E-state index is -3.74. The zero-order valence-corrected chi connectivity index (χ0v) is 13.7. The van der Waals surface area contributed by atoms with Crippen LogP contribution in [0.25, 0.3) is 0 Å². The van der Waals surface area contributed by atoms with E-state index in [0.29, 0.717) is 23.1 Å². The van der Waals surface area contributed by atoms with E-state index in [0.717, 1.165) is 6.42 Å². The lowest BCUT2D eigenvalue weighted by atomic mass is 10.3. The van der Waals surface area contributed by atoms with Crippen molar-refractivity contribution < 1.29 is 13.2 Å². The van der Waals surface area contributed by atoms with Crippen molar-refractivity contribution in [3.63, 3.8) is 0 Å². The van der Waals surface area contributed by atoms with Gasteiger partial charge >= 0.3 is 0 Å². The molecule has 0 aliphatic carbocycles. The van der Waals surface area contributed by atoms with Gasteiger partial charge in [0.1, 0.15) is 10.6 Å². The van der Waals surface area contributed by atoms with Gasteiger partial charge in [-0.15, -0.1) is 0 Å². The highest BCUT2D eigenvalue weighted by Gasteiger charge is 2.20. The van der Waals surface area contributed by atoms with Crippen LogP contribution in [0, 0.1) is 0 Å². The predicted octanol–water partition coefficient (Wildman–Crippen LogP) is 3.00. The third-order valence-corrected chi connectivity index (χ3v) is 4.48. The molecule has 22 heavy (non-hydrogen) atoms. The summed E-state index contributed by atoms with van der Waals surface area (Å²) >= 11 is 5.91. The van der Waals surface area contributed by atoms with E-state index in [1.54, 1.807) is 36.5 Å². The Morgan fingerprint density at radius 1 is 1.27 bits per heavy atom. The molecule has 2 rings (SSSR count). The number of hydrogen-bond donors (Lipinski definition) is 1. The van der Waals surface area contributed by atoms with E-state index in [9.17, 15) is 8.42 Å². The third-order valence-electron chi connectivity index (χ3n) is 2.83. The average molecular weight is 341 g/mol. The zero-order chi connectivity index (χ0) is 16.0. The molecule has 1 aromatic heterocycles. The summed E-state index contributed by atoms with van der Waals surface area (Å²) in [5.74, 6) is 0.291. The fourth-order valence-electron chi connectivity index (χ4n) is 1.77. The van der Waals surface area contributed by atoms with Crippen molar-refractivity contribution >= 4 is 21.6 Å². The van der Waals surface area contributed by atoms with Gasteiger partial charge in [-0.1, -0.05) is 24.6 Å². The number of rotatable bonds is 7. The quantitative estimate of drug-likeness (QED) is 0.841. The number of ether oxygens (including phenoxy) is 1. The zero-order valence-electron chi connectivity index (χ0n) is 12.1. The van der Waals surface area contributed by atoms with Gasteiger partial charge in [0.05, 0.1) is 18.8 Å². The first kappa shape index (κ1) is 16.7. The maximum Gasteiger partial charge on any atom is 0.244 e. The molecule has 1 N–H and O–H groups in total. The van der Waals surface area contributed by atoms with Crippen LogP contribution in [0.5, 0.6) is 5.75 Å². The van der Waals surface area contributed by atoms with Crippen LogP contribution in [0.2, 0.25) is 5.02 Å². The van der Waals surface area contributed by atoms with Crippen LogP contribution < -0.4 is 9.46 Å². The predicted molar refractivity (Wildman–Crippen MR) is 85.5 cm³/mol. The van der Waals surface area contributed by atoms with Crippen LogP contribution in [0.15, 0.2) is 47.5 Å². The first-order chi connectivity index (χ1) is 10.5. The van der Waals surface area contributed by atoms with Crippen LogP contribution >= 0.6 is 11.6 Å². The number of pyridine rings is 1. The lowest BCUT2D eigenvalue weighted by Crippen LogP contribution is -2.24. The molecule has 0 spiro atoms. The summed E-state index contributed by atoms with van der Waals surface area (Å²) in [5, 5.41) is 0.335. The van der Waals surface area contributed by atoms with Crippen molar-refractivity contribution in [2.24, 2.45) is 0 Å². The van der Waals surface area contributed by atoms with Crippen LogP contribution in [0.4, 0.5) is 0 Å². The Labute approximate surface area is 135 Å². The Morgan fingerprint density at radius 2 is 2.09 bits per heavy atom. The second kappa shape index (κ2) is 7.58. The number of nitrogens with zero attached hydrogens (tertiary/aromatic N) is 1. The number of halogens is 1. The fraction of sp³-hybridized carbons (Fsp3) is 0.267. The number of aromatic nitrogens is 1. The van der Waals surface area contributed by atoms with E-state index >= 15 is 0 Å². The first-order valence-corrected chi connectivity index (χ1v) is 8.71. The van der Waals surface area contributed by atoms with Gasteiger partial charge in [0, 0.05) is 11.2 Å². The molecule has 118 valence electrons. The lowest BCUT2D eigenvalue weighted by Gasteiger charge is -2.12. The molecule has 0 saturated carbocycles. The monoisotopic (exact) mass is 340 g/mol. The molecule has 0 bridgehead atoms. The summed E-state index contributed by atoms with van der Waals surface area (Å²) in [4.78, 5) is 4.11. The summed E-state index contributed by atoms with van der Waals surface area (Å²) in [6.07, 6.45) is 2.39. The van der Waals surface area contributed by atoms with Crippen LogP contribution in [-0.4, -0.2) is 20.0 Å². The second-order valence-electron chi connectivity index (χ2n) is 4.59. The van der Waals surface area contributed by atoms with E-state index in [1.165, 1.54) is 6.07 Å². The molecule has 0 atom stereocenters. The molecule has 0 saturated heterocycles. The molecule has 5 nitrogen and oxygen atoms in total. The number of nitrogens with one attached hydrogen (secondary N) is 1. The normalized spacial score (nSPS) is 11.4. The van der Waals surface area contributed by atoms with Gasteiger partial charge < -0.3 is 4.74 Å². The number of sulfonamides is 1. The maximum atomic E-state index is 12.5. The Hall–Kier alpha value is -1.63. The molecule has 0 radical (unpaired) electrons. The van der Waals surface area contributed by atoms with E-state index in [2.05, 4.69) is 9.71 Å². The highest BCUT2D eigenvalue weighted by Crippen LogP contribution is 2.27. The maximum absolute atomic E-state index is 12.5. The van der Waals surface area contributed by atoms with E-state index in [4.69, 9.17) is 16.3 Å². The van der Waals surface area contributed by atoms with Crippen LogP contribution in [0.3, 0.4) is 0 Å². The number of hydrogen-bond acceptors (Lipinski definition) is 4. The summed E-state index contributed by atoms with van der Waals surface area (Å²) in [6, 6.07) is 9.86. The second-order valence-corrected chi connectivity index (χ2v) is 6.76. The third kappa shape index (κ3) is 4.43. The molecule has 7 heteroatoms. The molecule has 2 aromatic rings. The Bertz CT molecular complexity index is 721. The SMILES string of the molecule is CCCOc1ccc(Cl)cc1S(=O)(=O)NCc1ccccn1. The van der Waals surface area contributed by atoms with Crippen LogP contribution in [0.1, 0.15) is 19.0 Å². The Morgan fingerprint density at radius 3 is 2.77 bits per heavy atom. The van der Waals surface area contributed by atoms with Crippen molar-refractivity contribution in [3.8, 4) is 5.75 Å². The van der Waals surface area contributed by atoms with Gasteiger partial charge in [0.2, 0.25) is 10.0 Å². The summed E-state index contributed by atoms with van der Waals surface area (Å²) in [7, 11) is -3.74. The van der Waals surface area contributed by atoms with Gasteiger partial charge in [0.25, 0.3) is 0 Å². The van der Waals surface area contributed by atoms with Gasteiger partial charge in [-0.3, -0.25) is 4.98 Å². The summed E-state index contributed by atoms with van der Waals surface area (Å²) in [5.41, 5.74) is 0.629. The highest BCUT2D eigenvalue weighted by atomic mass is 35.5. The molecule has 0 amide bonds. The fourth-order valence-corrected chi connectivity index (χ4v) is 3.18.